The number of carbonyl (C=O) groups excluding carboxylic acids is 9. The van der Waals surface area contributed by atoms with Gasteiger partial charge < -0.3 is 41.1 Å². The lowest BCUT2D eigenvalue weighted by Gasteiger charge is -2.32. The number of benzene rings is 6. The molecule has 3 aliphatic rings. The molecule has 0 unspecified atom stereocenters. The zero-order valence-corrected chi connectivity index (χ0v) is 52.3. The van der Waals surface area contributed by atoms with E-state index in [0.29, 0.717) is 38.4 Å². The highest BCUT2D eigenvalue weighted by Crippen LogP contribution is 2.45. The van der Waals surface area contributed by atoms with Crippen molar-refractivity contribution in [1.29, 1.82) is 0 Å². The first kappa shape index (κ1) is 65.8. The maximum Gasteiger partial charge on any atom is 0.259 e. The van der Waals surface area contributed by atoms with Gasteiger partial charge in [0.15, 0.2) is 17.3 Å². The van der Waals surface area contributed by atoms with Gasteiger partial charge in [-0.15, -0.1) is 0 Å². The molecule has 6 aromatic carbocycles. The second-order valence-electron chi connectivity index (χ2n) is 23.8. The lowest BCUT2D eigenvalue weighted by Crippen LogP contribution is -2.42. The van der Waals surface area contributed by atoms with Crippen LogP contribution in [0.25, 0.3) is 50.7 Å². The van der Waals surface area contributed by atoms with Crippen molar-refractivity contribution in [3.8, 4) is 33.4 Å². The van der Waals surface area contributed by atoms with Gasteiger partial charge in [0.2, 0.25) is 0 Å². The molecule has 0 saturated heterocycles. The third-order valence-electron chi connectivity index (χ3n) is 15.7. The number of amides is 3. The van der Waals surface area contributed by atoms with Gasteiger partial charge in [0.1, 0.15) is 51.3 Å². The fourth-order valence-electron chi connectivity index (χ4n) is 10.7. The van der Waals surface area contributed by atoms with Crippen LogP contribution in [0.2, 0.25) is 5.02 Å². The highest BCUT2D eigenvalue weighted by atomic mass is 35.5. The molecule has 0 aliphatic heterocycles. The van der Waals surface area contributed by atoms with Gasteiger partial charge in [-0.3, -0.25) is 43.2 Å². The number of aliphatic hydroxyl groups is 3. The zero-order chi connectivity index (χ0) is 65.1. The molecule has 18 heteroatoms. The van der Waals surface area contributed by atoms with Crippen molar-refractivity contribution >= 4 is 92.7 Å². The first-order valence-corrected chi connectivity index (χ1v) is 28.6. The SMILES string of the molecule is CC(=O)CNC(=O)C1=C(O)c2cc(-c3ccc(N(C)C)cc3)ccc2C(C)(C)C1=O.CC(=O)CNC(=O)C1=C(O)c2cc(-c3ccccc3Cl)ccc2C(C)(C)C1=O.CC(=O)CNC(=O)C1=C(O)c2cc(-c3ccccc3N(C)C)ccc2C(C)(C)C1=O. The second-order valence-corrected chi connectivity index (χ2v) is 24.2. The van der Waals surface area contributed by atoms with Crippen LogP contribution in [0.4, 0.5) is 11.4 Å². The van der Waals surface area contributed by atoms with E-state index in [-0.39, 0.29) is 65.2 Å². The average molecular weight is 1210 g/mol. The summed E-state index contributed by atoms with van der Waals surface area (Å²) >= 11 is 6.28. The third-order valence-corrected chi connectivity index (χ3v) is 16.0. The Morgan fingerprint density at radius 2 is 0.727 bits per heavy atom. The van der Waals surface area contributed by atoms with Gasteiger partial charge in [0.05, 0.1) is 35.9 Å². The second kappa shape index (κ2) is 26.1. The van der Waals surface area contributed by atoms with Crippen LogP contribution < -0.4 is 25.8 Å². The molecular formula is C70H72ClN5O12. The fraction of sp³-hybridized carbons (Fsp3) is 0.271. The number of ketones is 6. The van der Waals surface area contributed by atoms with E-state index in [1.54, 1.807) is 71.9 Å². The fourth-order valence-corrected chi connectivity index (χ4v) is 10.9. The summed E-state index contributed by atoms with van der Waals surface area (Å²) in [4.78, 5) is 114. The summed E-state index contributed by atoms with van der Waals surface area (Å²) < 4.78 is 0. The maximum atomic E-state index is 13.0. The van der Waals surface area contributed by atoms with Crippen molar-refractivity contribution in [3.63, 3.8) is 0 Å². The Balaban J connectivity index is 0.000000188. The largest absolute Gasteiger partial charge is 0.506 e. The highest BCUT2D eigenvalue weighted by Gasteiger charge is 2.46. The number of nitrogens with zero attached hydrogens (tertiary/aromatic N) is 2. The van der Waals surface area contributed by atoms with Gasteiger partial charge >= 0.3 is 0 Å². The number of nitrogens with one attached hydrogen (secondary N) is 3. The Labute approximate surface area is 516 Å². The molecule has 9 rings (SSSR count). The molecule has 0 heterocycles. The first-order valence-electron chi connectivity index (χ1n) is 28.2. The van der Waals surface area contributed by atoms with E-state index in [4.69, 9.17) is 11.6 Å². The maximum absolute atomic E-state index is 13.0. The smallest absolute Gasteiger partial charge is 0.259 e. The van der Waals surface area contributed by atoms with Crippen molar-refractivity contribution in [2.45, 2.75) is 78.6 Å². The monoisotopic (exact) mass is 1210 g/mol. The van der Waals surface area contributed by atoms with E-state index in [0.717, 1.165) is 44.8 Å². The minimum atomic E-state index is -1.01. The van der Waals surface area contributed by atoms with Crippen molar-refractivity contribution in [2.75, 3.05) is 57.6 Å². The van der Waals surface area contributed by atoms with E-state index in [9.17, 15) is 58.5 Å². The Bertz CT molecular complexity index is 3990. The van der Waals surface area contributed by atoms with Crippen molar-refractivity contribution < 1.29 is 58.5 Å². The van der Waals surface area contributed by atoms with E-state index in [1.807, 2.05) is 135 Å². The van der Waals surface area contributed by atoms with Crippen LogP contribution >= 0.6 is 11.6 Å². The Morgan fingerprint density at radius 1 is 0.409 bits per heavy atom. The number of hydrogen-bond acceptors (Lipinski definition) is 14. The Kier molecular flexibility index (Phi) is 19.5. The molecule has 0 spiro atoms. The molecule has 0 bridgehead atoms. The van der Waals surface area contributed by atoms with E-state index in [2.05, 4.69) is 16.0 Å². The summed E-state index contributed by atoms with van der Waals surface area (Å²) in [5.41, 5.74) is 6.50. The number of aliphatic hydroxyl groups excluding tert-OH is 3. The minimum Gasteiger partial charge on any atom is -0.506 e. The highest BCUT2D eigenvalue weighted by molar-refractivity contribution is 6.33. The Morgan fingerprint density at radius 3 is 1.08 bits per heavy atom. The van der Waals surface area contributed by atoms with Crippen molar-refractivity contribution in [2.24, 2.45) is 0 Å². The van der Waals surface area contributed by atoms with Crippen LogP contribution in [0.1, 0.15) is 95.7 Å². The molecule has 3 amide bonds. The van der Waals surface area contributed by atoms with Crippen LogP contribution in [-0.4, -0.2) is 116 Å². The lowest BCUT2D eigenvalue weighted by molar-refractivity contribution is -0.127. The van der Waals surface area contributed by atoms with Gasteiger partial charge in [-0.05, 0) is 144 Å². The van der Waals surface area contributed by atoms with E-state index < -0.39 is 57.1 Å². The van der Waals surface area contributed by atoms with E-state index >= 15 is 0 Å². The van der Waals surface area contributed by atoms with Crippen molar-refractivity contribution in [1.82, 2.24) is 16.0 Å². The van der Waals surface area contributed by atoms with Crippen LogP contribution in [0, 0.1) is 0 Å². The number of rotatable bonds is 14. The molecule has 0 fully saturated rings. The number of anilines is 2. The normalized spacial score (nSPS) is 15.0. The topological polar surface area (TPSA) is 257 Å². The van der Waals surface area contributed by atoms with Crippen LogP contribution in [-0.2, 0) is 59.4 Å². The molecule has 0 aromatic heterocycles. The molecule has 0 saturated carbocycles. The minimum absolute atomic E-state index is 0.200. The molecule has 3 aliphatic carbocycles. The van der Waals surface area contributed by atoms with Crippen LogP contribution in [0.3, 0.4) is 0 Å². The third kappa shape index (κ3) is 13.3. The number of fused-ring (bicyclic) bond motifs is 3. The van der Waals surface area contributed by atoms with Gasteiger partial charge in [-0.1, -0.05) is 96.5 Å². The summed E-state index contributed by atoms with van der Waals surface area (Å²) in [6, 6.07) is 39.5. The number of hydrogen-bond donors (Lipinski definition) is 6. The average Bonchev–Trinajstić information content (AvgIpc) is 1.09. The Hall–Kier alpha value is -9.74. The van der Waals surface area contributed by atoms with Crippen LogP contribution in [0.5, 0.6) is 0 Å². The lowest BCUT2D eigenvalue weighted by atomic mass is 9.70. The predicted octanol–water partition coefficient (Wildman–Crippen LogP) is 10.3. The summed E-state index contributed by atoms with van der Waals surface area (Å²) in [6.45, 7) is 13.7. The van der Waals surface area contributed by atoms with E-state index in [1.165, 1.54) is 20.8 Å². The van der Waals surface area contributed by atoms with Gasteiger partial charge in [-0.25, -0.2) is 0 Å². The van der Waals surface area contributed by atoms with Gasteiger partial charge in [0, 0.05) is 72.4 Å². The summed E-state index contributed by atoms with van der Waals surface area (Å²) in [5, 5.41) is 40.3. The molecule has 17 nitrogen and oxygen atoms in total. The van der Waals surface area contributed by atoms with Crippen molar-refractivity contribution in [3.05, 3.63) is 183 Å². The molecule has 88 heavy (non-hydrogen) atoms. The van der Waals surface area contributed by atoms with Gasteiger partial charge in [-0.2, -0.15) is 0 Å². The number of para-hydroxylation sites is 1. The molecule has 0 atom stereocenters. The molecule has 6 N–H and O–H groups in total. The number of halogens is 1. The number of Topliss-reactive ketones (excluding diaryl/α,β-unsaturated/α-hetero) is 6. The zero-order valence-electron chi connectivity index (χ0n) is 51.5. The summed E-state index contributed by atoms with van der Waals surface area (Å²) in [5.74, 6) is -5.55. The molecular weight excluding hydrogens is 1140 g/mol. The summed E-state index contributed by atoms with van der Waals surface area (Å²) in [6.07, 6.45) is 0. The van der Waals surface area contributed by atoms with Crippen LogP contribution in [0.15, 0.2) is 144 Å². The first-order chi connectivity index (χ1) is 41.2. The standard InChI is InChI=1S/2C24H26N2O4.C22H20ClNO4/c1-14(27)13-25-23(30)20-21(28)18-12-16(8-11-19(18)24(2,3)22(20)29)15-6-9-17(10-7-15)26(4)5;1-14(27)13-25-23(30)20-21(28)17-12-15(10-11-18(17)24(2,3)22(20)29)16-8-6-7-9-19(16)26(4)5;1-12(25)11-24-21(28)18-19(26)15-10-13(14-6-4-5-7-17(14)23)8-9-16(15)22(2,3)20(18)27/h2*6-12,28H,13H2,1-5H3,(H,25,30);4-10,26H,11H2,1-3H3,(H,24,28). The summed E-state index contributed by atoms with van der Waals surface area (Å²) in [7, 11) is 7.84. The molecule has 0 radical (unpaired) electrons. The number of carbonyl (C=O) groups is 9. The predicted molar refractivity (Wildman–Crippen MR) is 343 cm³/mol. The molecule has 6 aromatic rings. The molecule has 456 valence electrons. The quantitative estimate of drug-likeness (QED) is 0.0555. The van der Waals surface area contributed by atoms with Gasteiger partial charge in [0.25, 0.3) is 17.7 Å².